The normalized spacial score (nSPS) is 20.1. The van der Waals surface area contributed by atoms with Crippen LogP contribution in [0, 0.1) is 0 Å². The zero-order valence-electron chi connectivity index (χ0n) is 17.2. The van der Waals surface area contributed by atoms with Crippen LogP contribution in [0.5, 0.6) is 0 Å². The fourth-order valence-corrected chi connectivity index (χ4v) is 3.92. The monoisotopic (exact) mass is 419 g/mol. The average molecular weight is 419 g/mol. The van der Waals surface area contributed by atoms with Crippen molar-refractivity contribution in [1.82, 2.24) is 14.8 Å². The van der Waals surface area contributed by atoms with Gasteiger partial charge in [0.25, 0.3) is 5.91 Å². The maximum absolute atomic E-state index is 13.1. The van der Waals surface area contributed by atoms with Crippen LogP contribution in [0.3, 0.4) is 0 Å². The fraction of sp³-hybridized carbons (Fsp3) is 0.292. The van der Waals surface area contributed by atoms with E-state index in [0.29, 0.717) is 31.9 Å². The number of aromatic nitrogens is 1. The van der Waals surface area contributed by atoms with Crippen LogP contribution in [0.4, 0.5) is 0 Å². The third-order valence-electron chi connectivity index (χ3n) is 5.56. The Balaban J connectivity index is 1.59. The van der Waals surface area contributed by atoms with Gasteiger partial charge in [0.2, 0.25) is 0 Å². The number of aliphatic hydroxyl groups excluding tert-OH is 1. The number of rotatable bonds is 7. The van der Waals surface area contributed by atoms with Gasteiger partial charge >= 0.3 is 0 Å². The number of hydrogen-bond donors (Lipinski definition) is 1. The molecule has 0 saturated carbocycles. The molecule has 1 aromatic heterocycles. The van der Waals surface area contributed by atoms with Crippen LogP contribution in [0.15, 0.2) is 72.3 Å². The topological polar surface area (TPSA) is 83.0 Å². The van der Waals surface area contributed by atoms with Gasteiger partial charge in [0.05, 0.1) is 24.8 Å². The Morgan fingerprint density at radius 3 is 2.61 bits per heavy atom. The van der Waals surface area contributed by atoms with E-state index in [1.807, 2.05) is 36.4 Å². The summed E-state index contributed by atoms with van der Waals surface area (Å²) in [5, 5.41) is 10.6. The van der Waals surface area contributed by atoms with Crippen molar-refractivity contribution in [3.63, 3.8) is 0 Å². The number of hydrogen-bond acceptors (Lipinski definition) is 6. The molecule has 0 aliphatic carbocycles. The number of nitrogens with zero attached hydrogens (tertiary/aromatic N) is 3. The maximum Gasteiger partial charge on any atom is 0.290 e. The third-order valence-corrected chi connectivity index (χ3v) is 5.56. The molecule has 3 heterocycles. The predicted octanol–water partition coefficient (Wildman–Crippen LogP) is 2.39. The van der Waals surface area contributed by atoms with Crippen molar-refractivity contribution >= 4 is 17.8 Å². The molecule has 1 atom stereocenters. The van der Waals surface area contributed by atoms with Crippen LogP contribution in [-0.2, 0) is 14.3 Å². The zero-order chi connectivity index (χ0) is 21.6. The fourth-order valence-electron chi connectivity index (χ4n) is 3.92. The molecule has 1 amide bonds. The Kier molecular flexibility index (Phi) is 6.54. The second-order valence-corrected chi connectivity index (χ2v) is 7.51. The van der Waals surface area contributed by atoms with E-state index in [1.165, 1.54) is 6.08 Å². The molecule has 0 spiro atoms. The Hall–Kier alpha value is -3.29. The molecule has 1 saturated heterocycles. The lowest BCUT2D eigenvalue weighted by atomic mass is 9.96. The van der Waals surface area contributed by atoms with Crippen molar-refractivity contribution in [1.29, 1.82) is 0 Å². The average Bonchev–Trinajstić information content (AvgIpc) is 3.08. The second kappa shape index (κ2) is 9.68. The number of aliphatic hydroxyl groups is 1. The molecule has 1 unspecified atom stereocenters. The number of pyridine rings is 1. The summed E-state index contributed by atoms with van der Waals surface area (Å²) in [4.78, 5) is 33.9. The van der Waals surface area contributed by atoms with E-state index in [4.69, 9.17) is 4.74 Å². The highest BCUT2D eigenvalue weighted by molar-refractivity contribution is 6.14. The van der Waals surface area contributed by atoms with E-state index in [1.54, 1.807) is 29.4 Å². The quantitative estimate of drug-likeness (QED) is 0.694. The van der Waals surface area contributed by atoms with Gasteiger partial charge < -0.3 is 14.7 Å². The number of carbonyl (C=O) groups is 2. The van der Waals surface area contributed by atoms with Gasteiger partial charge in [-0.2, -0.15) is 0 Å². The Labute approximate surface area is 181 Å². The molecule has 7 heteroatoms. The Bertz CT molecular complexity index is 982. The maximum atomic E-state index is 13.1. The van der Waals surface area contributed by atoms with E-state index in [-0.39, 0.29) is 5.57 Å². The number of ketones is 1. The molecule has 1 fully saturated rings. The van der Waals surface area contributed by atoms with Gasteiger partial charge in [0.1, 0.15) is 0 Å². The van der Waals surface area contributed by atoms with Gasteiger partial charge in [0, 0.05) is 38.6 Å². The molecule has 1 N–H and O–H groups in total. The zero-order valence-corrected chi connectivity index (χ0v) is 17.2. The van der Waals surface area contributed by atoms with Crippen molar-refractivity contribution in [2.45, 2.75) is 6.04 Å². The van der Waals surface area contributed by atoms with Crippen molar-refractivity contribution < 1.29 is 19.4 Å². The molecule has 1 aromatic carbocycles. The van der Waals surface area contributed by atoms with Crippen LogP contribution in [0.1, 0.15) is 17.2 Å². The number of benzene rings is 1. The summed E-state index contributed by atoms with van der Waals surface area (Å²) in [6.07, 6.45) is 6.36. The predicted molar refractivity (Wildman–Crippen MR) is 116 cm³/mol. The molecule has 0 bridgehead atoms. The highest BCUT2D eigenvalue weighted by Gasteiger charge is 2.42. The van der Waals surface area contributed by atoms with E-state index < -0.39 is 23.5 Å². The smallest absolute Gasteiger partial charge is 0.290 e. The van der Waals surface area contributed by atoms with Gasteiger partial charge in [0.15, 0.2) is 11.5 Å². The van der Waals surface area contributed by atoms with Crippen LogP contribution >= 0.6 is 0 Å². The van der Waals surface area contributed by atoms with Gasteiger partial charge in [-0.1, -0.05) is 42.5 Å². The molecule has 2 aliphatic heterocycles. The first-order valence-electron chi connectivity index (χ1n) is 10.4. The molecule has 4 rings (SSSR count). The van der Waals surface area contributed by atoms with Gasteiger partial charge in [-0.25, -0.2) is 0 Å². The lowest BCUT2D eigenvalue weighted by molar-refractivity contribution is -0.129. The lowest BCUT2D eigenvalue weighted by Crippen LogP contribution is -2.43. The SMILES string of the molecule is O=C(C=Cc1ccccc1)C1=C(O)C(=O)N(CCN2CCOCC2)C1c1cccnc1. The molecular formula is C24H25N3O4. The van der Waals surface area contributed by atoms with Gasteiger partial charge in [-0.05, 0) is 23.3 Å². The Morgan fingerprint density at radius 2 is 1.90 bits per heavy atom. The standard InChI is InChI=1S/C24H25N3O4/c28-20(9-8-18-5-2-1-3-6-18)21-22(19-7-4-10-25-17-19)27(24(30)23(21)29)12-11-26-13-15-31-16-14-26/h1-10,17,22,29H,11-16H2. The molecule has 31 heavy (non-hydrogen) atoms. The summed E-state index contributed by atoms with van der Waals surface area (Å²) in [6.45, 7) is 3.95. The molecule has 7 nitrogen and oxygen atoms in total. The van der Waals surface area contributed by atoms with E-state index in [2.05, 4.69) is 9.88 Å². The third kappa shape index (κ3) is 4.73. The number of ether oxygens (including phenoxy) is 1. The lowest BCUT2D eigenvalue weighted by Gasteiger charge is -2.31. The summed E-state index contributed by atoms with van der Waals surface area (Å²) in [5.74, 6) is -1.41. The van der Waals surface area contributed by atoms with Gasteiger partial charge in [-0.3, -0.25) is 19.5 Å². The summed E-state index contributed by atoms with van der Waals surface area (Å²) in [7, 11) is 0. The molecular weight excluding hydrogens is 394 g/mol. The second-order valence-electron chi connectivity index (χ2n) is 7.51. The highest BCUT2D eigenvalue weighted by atomic mass is 16.5. The number of morpholine rings is 1. The summed E-state index contributed by atoms with van der Waals surface area (Å²) >= 11 is 0. The summed E-state index contributed by atoms with van der Waals surface area (Å²) in [5.41, 5.74) is 1.65. The van der Waals surface area contributed by atoms with E-state index in [0.717, 1.165) is 18.7 Å². The van der Waals surface area contributed by atoms with Crippen molar-refractivity contribution in [2.24, 2.45) is 0 Å². The molecule has 0 radical (unpaired) electrons. The minimum atomic E-state index is -0.671. The minimum Gasteiger partial charge on any atom is -0.503 e. The van der Waals surface area contributed by atoms with E-state index >= 15 is 0 Å². The van der Waals surface area contributed by atoms with Crippen LogP contribution in [0.25, 0.3) is 6.08 Å². The summed E-state index contributed by atoms with van der Waals surface area (Å²) in [6, 6.07) is 12.3. The van der Waals surface area contributed by atoms with Gasteiger partial charge in [-0.15, -0.1) is 0 Å². The van der Waals surface area contributed by atoms with Crippen LogP contribution in [0.2, 0.25) is 0 Å². The molecule has 2 aromatic rings. The minimum absolute atomic E-state index is 0.0900. The van der Waals surface area contributed by atoms with Crippen LogP contribution in [-0.4, -0.2) is 71.0 Å². The number of carbonyl (C=O) groups excluding carboxylic acids is 2. The largest absolute Gasteiger partial charge is 0.503 e. The first kappa shape index (κ1) is 21.0. The first-order valence-corrected chi connectivity index (χ1v) is 10.4. The van der Waals surface area contributed by atoms with Crippen LogP contribution < -0.4 is 0 Å². The van der Waals surface area contributed by atoms with Crippen molar-refractivity contribution in [3.8, 4) is 0 Å². The van der Waals surface area contributed by atoms with Crippen molar-refractivity contribution in [3.05, 3.63) is 83.4 Å². The van der Waals surface area contributed by atoms with Crippen molar-refractivity contribution in [2.75, 3.05) is 39.4 Å². The molecule has 160 valence electrons. The van der Waals surface area contributed by atoms with E-state index in [9.17, 15) is 14.7 Å². The number of allylic oxidation sites excluding steroid dienone is 1. The Morgan fingerprint density at radius 1 is 1.13 bits per heavy atom. The molecule has 2 aliphatic rings. The first-order chi connectivity index (χ1) is 15.1. The highest BCUT2D eigenvalue weighted by Crippen LogP contribution is 2.37. The number of amides is 1. The summed E-state index contributed by atoms with van der Waals surface area (Å²) < 4.78 is 5.38.